The molecule has 0 amide bonds. The van der Waals surface area contributed by atoms with E-state index >= 15 is 0 Å². The second kappa shape index (κ2) is 8.68. The van der Waals surface area contributed by atoms with Crippen LogP contribution in [0.3, 0.4) is 0 Å². The van der Waals surface area contributed by atoms with Gasteiger partial charge in [-0.2, -0.15) is 6.07 Å². The fourth-order valence-electron chi connectivity index (χ4n) is 4.04. The summed E-state index contributed by atoms with van der Waals surface area (Å²) in [5, 5.41) is 2.85. The van der Waals surface area contributed by atoms with Crippen LogP contribution in [0.25, 0.3) is 21.9 Å². The first kappa shape index (κ1) is 23.6. The van der Waals surface area contributed by atoms with E-state index in [0.29, 0.717) is 0 Å². The van der Waals surface area contributed by atoms with Crippen molar-refractivity contribution in [2.24, 2.45) is 0 Å². The van der Waals surface area contributed by atoms with E-state index in [4.69, 9.17) is 0 Å². The van der Waals surface area contributed by atoms with Crippen LogP contribution in [-0.4, -0.2) is 0 Å². The zero-order valence-corrected chi connectivity index (χ0v) is 20.1. The molecule has 0 saturated carbocycles. The van der Waals surface area contributed by atoms with Crippen LogP contribution < -0.4 is 0 Å². The zero-order chi connectivity index (χ0) is 16.2. The molecule has 1 aliphatic carbocycles. The van der Waals surface area contributed by atoms with Gasteiger partial charge in [-0.1, -0.05) is 68.7 Å². The van der Waals surface area contributed by atoms with E-state index in [0.717, 1.165) is 0 Å². The molecule has 26 heavy (non-hydrogen) atoms. The van der Waals surface area contributed by atoms with Crippen LogP contribution in [0.5, 0.6) is 0 Å². The largest absolute Gasteiger partial charge is 0.165 e. The summed E-state index contributed by atoms with van der Waals surface area (Å²) >= 11 is 0. The van der Waals surface area contributed by atoms with E-state index in [9.17, 15) is 0 Å². The molecule has 0 spiro atoms. The van der Waals surface area contributed by atoms with Crippen molar-refractivity contribution >= 4 is 35.6 Å². The molecule has 0 aliphatic heterocycles. The SMILES string of the molecule is Cc1cc2c(-c3ccc(C(C)(C)C)cc3)c3c(cc2[cH-]1)CCC3.Cl.Cl.[Zr]. The van der Waals surface area contributed by atoms with E-state index in [1.54, 1.807) is 11.1 Å². The van der Waals surface area contributed by atoms with Gasteiger partial charge in [-0.05, 0) is 35.8 Å². The Hall–Kier alpha value is -0.487. The Morgan fingerprint density at radius 2 is 1.58 bits per heavy atom. The molecule has 0 atom stereocenters. The van der Waals surface area contributed by atoms with Crippen molar-refractivity contribution in [3.63, 3.8) is 0 Å². The first-order chi connectivity index (χ1) is 10.9. The molecular formula is C23H27Cl2Zr-. The van der Waals surface area contributed by atoms with Gasteiger partial charge < -0.3 is 0 Å². The minimum Gasteiger partial charge on any atom is -0.165 e. The van der Waals surface area contributed by atoms with Crippen LogP contribution in [0.2, 0.25) is 0 Å². The molecule has 3 heteroatoms. The molecule has 0 nitrogen and oxygen atoms in total. The standard InChI is InChI=1S/C23H25.2ClH.Zr/c1-15-12-18-14-17-6-5-7-20(17)22(21(18)13-15)16-8-10-19(11-9-16)23(2,3)4;;;/h8-14H,5-7H2,1-4H3;2*1H;/q-1;;;. The molecule has 3 aromatic carbocycles. The second-order valence-corrected chi connectivity index (χ2v) is 8.11. The third-order valence-electron chi connectivity index (χ3n) is 5.27. The van der Waals surface area contributed by atoms with Crippen LogP contribution in [0.15, 0.2) is 42.5 Å². The van der Waals surface area contributed by atoms with Gasteiger partial charge >= 0.3 is 0 Å². The van der Waals surface area contributed by atoms with E-state index < -0.39 is 0 Å². The fraction of sp³-hybridized carbons (Fsp3) is 0.348. The monoisotopic (exact) mass is 463 g/mol. The zero-order valence-electron chi connectivity index (χ0n) is 16.0. The molecule has 4 rings (SSSR count). The summed E-state index contributed by atoms with van der Waals surface area (Å²) in [7, 11) is 0. The number of hydrogen-bond donors (Lipinski definition) is 0. The summed E-state index contributed by atoms with van der Waals surface area (Å²) in [6.07, 6.45) is 3.77. The van der Waals surface area contributed by atoms with E-state index in [1.165, 1.54) is 52.3 Å². The molecular weight excluding hydrogens is 438 g/mol. The van der Waals surface area contributed by atoms with Crippen molar-refractivity contribution in [2.45, 2.75) is 52.4 Å². The summed E-state index contributed by atoms with van der Waals surface area (Å²) in [4.78, 5) is 0. The topological polar surface area (TPSA) is 0 Å². The average Bonchev–Trinajstić information content (AvgIpc) is 3.08. The minimum absolute atomic E-state index is 0. The molecule has 3 aromatic rings. The van der Waals surface area contributed by atoms with Gasteiger partial charge in [0.2, 0.25) is 0 Å². The number of benzene rings is 2. The van der Waals surface area contributed by atoms with Crippen LogP contribution in [0.1, 0.15) is 49.4 Å². The number of hydrogen-bond acceptors (Lipinski definition) is 0. The maximum absolute atomic E-state index is 2.43. The van der Waals surface area contributed by atoms with Gasteiger partial charge in [0.1, 0.15) is 0 Å². The molecule has 0 heterocycles. The summed E-state index contributed by atoms with van der Waals surface area (Å²) in [6, 6.07) is 16.4. The number of aryl methyl sites for hydroxylation is 2. The number of halogens is 2. The van der Waals surface area contributed by atoms with Gasteiger partial charge in [0.05, 0.1) is 0 Å². The smallest absolute Gasteiger partial charge is 0 e. The molecule has 0 unspecified atom stereocenters. The Balaban J connectivity index is 0.00000113. The van der Waals surface area contributed by atoms with Gasteiger partial charge in [-0.3, -0.25) is 0 Å². The summed E-state index contributed by atoms with van der Waals surface area (Å²) < 4.78 is 0. The summed E-state index contributed by atoms with van der Waals surface area (Å²) in [6.45, 7) is 9.04. The molecule has 1 aliphatic rings. The Kier molecular flexibility index (Phi) is 7.86. The van der Waals surface area contributed by atoms with E-state index in [2.05, 4.69) is 70.2 Å². The fourth-order valence-corrected chi connectivity index (χ4v) is 4.04. The van der Waals surface area contributed by atoms with Gasteiger partial charge in [0.15, 0.2) is 0 Å². The van der Waals surface area contributed by atoms with Crippen molar-refractivity contribution in [3.05, 3.63) is 64.7 Å². The number of rotatable bonds is 1. The second-order valence-electron chi connectivity index (χ2n) is 8.11. The third kappa shape index (κ3) is 4.16. The molecule has 0 radical (unpaired) electrons. The van der Waals surface area contributed by atoms with Gasteiger partial charge in [-0.25, -0.2) is 0 Å². The minimum atomic E-state index is 0. The van der Waals surface area contributed by atoms with Crippen LogP contribution in [0.4, 0.5) is 0 Å². The molecule has 0 N–H and O–H groups in total. The van der Waals surface area contributed by atoms with Crippen molar-refractivity contribution < 1.29 is 26.2 Å². The Morgan fingerprint density at radius 3 is 2.19 bits per heavy atom. The normalized spacial score (nSPS) is 12.8. The van der Waals surface area contributed by atoms with Crippen molar-refractivity contribution in [1.82, 2.24) is 0 Å². The molecule has 0 fully saturated rings. The Morgan fingerprint density at radius 1 is 0.923 bits per heavy atom. The average molecular weight is 466 g/mol. The van der Waals surface area contributed by atoms with Crippen LogP contribution in [0, 0.1) is 6.92 Å². The van der Waals surface area contributed by atoms with Crippen LogP contribution in [-0.2, 0) is 44.5 Å². The first-order valence-corrected chi connectivity index (χ1v) is 8.76. The first-order valence-electron chi connectivity index (χ1n) is 8.76. The third-order valence-corrected chi connectivity index (χ3v) is 5.27. The molecule has 0 saturated heterocycles. The molecule has 0 bridgehead atoms. The van der Waals surface area contributed by atoms with Gasteiger partial charge in [-0.15, -0.1) is 53.3 Å². The summed E-state index contributed by atoms with van der Waals surface area (Å²) in [5.41, 5.74) is 9.02. The molecule has 0 aromatic heterocycles. The van der Waals surface area contributed by atoms with Crippen LogP contribution >= 0.6 is 24.8 Å². The van der Waals surface area contributed by atoms with E-state index in [1.807, 2.05) is 0 Å². The van der Waals surface area contributed by atoms with Crippen molar-refractivity contribution in [3.8, 4) is 11.1 Å². The van der Waals surface area contributed by atoms with Crippen molar-refractivity contribution in [1.29, 1.82) is 0 Å². The van der Waals surface area contributed by atoms with Gasteiger partial charge in [0.25, 0.3) is 0 Å². The van der Waals surface area contributed by atoms with Gasteiger partial charge in [0, 0.05) is 26.2 Å². The maximum atomic E-state index is 2.43. The Bertz CT molecular complexity index is 883. The Labute approximate surface area is 189 Å². The maximum Gasteiger partial charge on any atom is 0 e. The predicted molar refractivity (Wildman–Crippen MR) is 115 cm³/mol. The van der Waals surface area contributed by atoms with Crippen molar-refractivity contribution in [2.75, 3.05) is 0 Å². The number of fused-ring (bicyclic) bond motifs is 2. The molecule has 138 valence electrons. The predicted octanol–water partition coefficient (Wildman–Crippen LogP) is 7.16. The van der Waals surface area contributed by atoms with E-state index in [-0.39, 0.29) is 56.4 Å². The quantitative estimate of drug-likeness (QED) is 0.335. The summed E-state index contributed by atoms with van der Waals surface area (Å²) in [5.74, 6) is 0.